The molecule has 138 valence electrons. The fourth-order valence-electron chi connectivity index (χ4n) is 3.40. The van der Waals surface area contributed by atoms with E-state index >= 15 is 0 Å². The molecule has 1 aliphatic heterocycles. The van der Waals surface area contributed by atoms with Gasteiger partial charge in [0.15, 0.2) is 0 Å². The van der Waals surface area contributed by atoms with E-state index in [1.54, 1.807) is 0 Å². The number of benzene rings is 2. The molecule has 1 unspecified atom stereocenters. The molecule has 0 aliphatic carbocycles. The van der Waals surface area contributed by atoms with Gasteiger partial charge in [-0.3, -0.25) is 9.69 Å². The van der Waals surface area contributed by atoms with Crippen molar-refractivity contribution in [3.63, 3.8) is 0 Å². The lowest BCUT2D eigenvalue weighted by molar-refractivity contribution is 0.0938. The van der Waals surface area contributed by atoms with E-state index < -0.39 is 0 Å². The Balaban J connectivity index is 1.72. The zero-order chi connectivity index (χ0) is 18.5. The van der Waals surface area contributed by atoms with E-state index in [2.05, 4.69) is 55.3 Å². The van der Waals surface area contributed by atoms with E-state index in [-0.39, 0.29) is 11.9 Å². The molecule has 0 radical (unpaired) electrons. The largest absolute Gasteiger partial charge is 0.378 e. The molecular formula is C21H26BrN3O. The van der Waals surface area contributed by atoms with E-state index in [0.717, 1.165) is 17.6 Å². The molecular weight excluding hydrogens is 390 g/mol. The third kappa shape index (κ3) is 4.65. The van der Waals surface area contributed by atoms with E-state index in [9.17, 15) is 4.79 Å². The van der Waals surface area contributed by atoms with Gasteiger partial charge in [0.2, 0.25) is 0 Å². The van der Waals surface area contributed by atoms with Crippen LogP contribution in [0.2, 0.25) is 0 Å². The van der Waals surface area contributed by atoms with Crippen LogP contribution < -0.4 is 10.2 Å². The van der Waals surface area contributed by atoms with Crippen LogP contribution in [-0.4, -0.2) is 44.5 Å². The van der Waals surface area contributed by atoms with Gasteiger partial charge in [0, 0.05) is 36.4 Å². The quantitative estimate of drug-likeness (QED) is 0.771. The molecule has 26 heavy (non-hydrogen) atoms. The minimum absolute atomic E-state index is 0.0217. The summed E-state index contributed by atoms with van der Waals surface area (Å²) in [5.41, 5.74) is 3.14. The van der Waals surface area contributed by atoms with Crippen LogP contribution in [0.4, 0.5) is 5.69 Å². The smallest absolute Gasteiger partial charge is 0.251 e. The van der Waals surface area contributed by atoms with Crippen LogP contribution in [0.25, 0.3) is 0 Å². The van der Waals surface area contributed by atoms with Crippen molar-refractivity contribution >= 4 is 27.5 Å². The highest BCUT2D eigenvalue weighted by molar-refractivity contribution is 9.10. The first kappa shape index (κ1) is 18.9. The number of likely N-dealkylation sites (tertiary alicyclic amines) is 1. The van der Waals surface area contributed by atoms with Gasteiger partial charge >= 0.3 is 0 Å². The fraction of sp³-hybridized carbons (Fsp3) is 0.381. The summed E-state index contributed by atoms with van der Waals surface area (Å²) in [6, 6.07) is 16.4. The predicted octanol–water partition coefficient (Wildman–Crippen LogP) is 4.08. The first-order valence-corrected chi connectivity index (χ1v) is 9.89. The molecule has 0 aromatic heterocycles. The molecule has 1 amide bonds. The van der Waals surface area contributed by atoms with Crippen molar-refractivity contribution in [2.75, 3.05) is 38.6 Å². The van der Waals surface area contributed by atoms with Crippen molar-refractivity contribution in [2.45, 2.75) is 18.9 Å². The van der Waals surface area contributed by atoms with Gasteiger partial charge in [-0.2, -0.15) is 0 Å². The Morgan fingerprint density at radius 3 is 2.27 bits per heavy atom. The maximum absolute atomic E-state index is 12.5. The summed E-state index contributed by atoms with van der Waals surface area (Å²) in [6.07, 6.45) is 2.46. The van der Waals surface area contributed by atoms with Crippen LogP contribution in [0.5, 0.6) is 0 Å². The number of nitrogens with one attached hydrogen (secondary N) is 1. The molecule has 1 saturated heterocycles. The molecule has 4 nitrogen and oxygen atoms in total. The number of amides is 1. The number of anilines is 1. The predicted molar refractivity (Wildman–Crippen MR) is 111 cm³/mol. The Kier molecular flexibility index (Phi) is 6.33. The summed E-state index contributed by atoms with van der Waals surface area (Å²) >= 11 is 3.41. The maximum atomic E-state index is 12.5. The van der Waals surface area contributed by atoms with Gasteiger partial charge in [-0.05, 0) is 67.9 Å². The second-order valence-electron chi connectivity index (χ2n) is 6.96. The van der Waals surface area contributed by atoms with Crippen LogP contribution in [0.3, 0.4) is 0 Å². The zero-order valence-corrected chi connectivity index (χ0v) is 17.0. The van der Waals surface area contributed by atoms with E-state index in [1.165, 1.54) is 24.1 Å². The highest BCUT2D eigenvalue weighted by Crippen LogP contribution is 2.26. The molecule has 1 heterocycles. The van der Waals surface area contributed by atoms with Crippen LogP contribution in [0, 0.1) is 0 Å². The second-order valence-corrected chi connectivity index (χ2v) is 7.88. The lowest BCUT2D eigenvalue weighted by Gasteiger charge is -2.28. The van der Waals surface area contributed by atoms with Gasteiger partial charge in [-0.1, -0.05) is 28.1 Å². The molecule has 1 aliphatic rings. The second kappa shape index (κ2) is 8.69. The lowest BCUT2D eigenvalue weighted by Crippen LogP contribution is -2.36. The number of carbonyl (C=O) groups is 1. The summed E-state index contributed by atoms with van der Waals surface area (Å²) in [6.45, 7) is 2.80. The van der Waals surface area contributed by atoms with Crippen molar-refractivity contribution in [3.05, 3.63) is 64.1 Å². The molecule has 3 rings (SSSR count). The molecule has 2 aromatic rings. The lowest BCUT2D eigenvalue weighted by atomic mass is 10.0. The molecule has 5 heteroatoms. The van der Waals surface area contributed by atoms with Gasteiger partial charge in [-0.15, -0.1) is 0 Å². The third-order valence-corrected chi connectivity index (χ3v) is 5.47. The monoisotopic (exact) mass is 415 g/mol. The Bertz CT molecular complexity index is 722. The number of halogens is 1. The first-order valence-electron chi connectivity index (χ1n) is 9.10. The minimum atomic E-state index is -0.0217. The van der Waals surface area contributed by atoms with Gasteiger partial charge in [0.1, 0.15) is 0 Å². The van der Waals surface area contributed by atoms with E-state index in [1.807, 2.05) is 38.4 Å². The molecule has 2 aromatic carbocycles. The summed E-state index contributed by atoms with van der Waals surface area (Å²) in [5, 5.41) is 3.12. The summed E-state index contributed by atoms with van der Waals surface area (Å²) in [5.74, 6) is -0.0217. The molecule has 1 N–H and O–H groups in total. The molecule has 0 bridgehead atoms. The zero-order valence-electron chi connectivity index (χ0n) is 15.4. The van der Waals surface area contributed by atoms with Crippen LogP contribution in [-0.2, 0) is 0 Å². The number of hydrogen-bond acceptors (Lipinski definition) is 3. The highest BCUT2D eigenvalue weighted by Gasteiger charge is 2.24. The number of rotatable bonds is 6. The molecule has 1 fully saturated rings. The molecule has 1 atom stereocenters. The first-order chi connectivity index (χ1) is 12.5. The highest BCUT2D eigenvalue weighted by atomic mass is 79.9. The Hall–Kier alpha value is -1.85. The topological polar surface area (TPSA) is 35.6 Å². The summed E-state index contributed by atoms with van der Waals surface area (Å²) < 4.78 is 0.977. The average molecular weight is 416 g/mol. The number of nitrogens with zero attached hydrogens (tertiary/aromatic N) is 2. The Morgan fingerprint density at radius 1 is 1.08 bits per heavy atom. The SMILES string of the molecule is CN(C)c1ccc(C(CNC(=O)c2ccc(Br)cc2)N2CCCC2)cc1. The minimum Gasteiger partial charge on any atom is -0.378 e. The normalized spacial score (nSPS) is 15.7. The van der Waals surface area contributed by atoms with E-state index in [4.69, 9.17) is 0 Å². The molecule has 0 spiro atoms. The van der Waals surface area contributed by atoms with Crippen LogP contribution in [0.15, 0.2) is 53.0 Å². The maximum Gasteiger partial charge on any atom is 0.251 e. The van der Waals surface area contributed by atoms with Gasteiger partial charge in [0.25, 0.3) is 5.91 Å². The number of hydrogen-bond donors (Lipinski definition) is 1. The third-order valence-electron chi connectivity index (χ3n) is 4.94. The van der Waals surface area contributed by atoms with Crippen molar-refractivity contribution in [1.29, 1.82) is 0 Å². The Morgan fingerprint density at radius 2 is 1.69 bits per heavy atom. The number of carbonyl (C=O) groups excluding carboxylic acids is 1. The summed E-state index contributed by atoms with van der Waals surface area (Å²) in [7, 11) is 4.09. The fourth-order valence-corrected chi connectivity index (χ4v) is 3.66. The average Bonchev–Trinajstić information content (AvgIpc) is 3.17. The van der Waals surface area contributed by atoms with Crippen molar-refractivity contribution in [1.82, 2.24) is 10.2 Å². The summed E-state index contributed by atoms with van der Waals surface area (Å²) in [4.78, 5) is 17.1. The van der Waals surface area contributed by atoms with Crippen LogP contribution in [0.1, 0.15) is 34.8 Å². The molecule has 0 saturated carbocycles. The van der Waals surface area contributed by atoms with Gasteiger partial charge in [-0.25, -0.2) is 0 Å². The van der Waals surface area contributed by atoms with Crippen molar-refractivity contribution in [3.8, 4) is 0 Å². The van der Waals surface area contributed by atoms with Crippen molar-refractivity contribution < 1.29 is 4.79 Å². The standard InChI is InChI=1S/C21H26BrN3O/c1-24(2)19-11-7-16(8-12-19)20(25-13-3-4-14-25)15-23-21(26)17-5-9-18(22)10-6-17/h5-12,20H,3-4,13-15H2,1-2H3,(H,23,26). The van der Waals surface area contributed by atoms with Gasteiger partial charge < -0.3 is 10.2 Å². The Labute approximate surface area is 164 Å². The van der Waals surface area contributed by atoms with Crippen molar-refractivity contribution in [2.24, 2.45) is 0 Å². The van der Waals surface area contributed by atoms with Crippen LogP contribution >= 0.6 is 15.9 Å². The van der Waals surface area contributed by atoms with E-state index in [0.29, 0.717) is 12.1 Å². The van der Waals surface area contributed by atoms with Gasteiger partial charge in [0.05, 0.1) is 6.04 Å².